The van der Waals surface area contributed by atoms with Gasteiger partial charge in [0, 0.05) is 51.5 Å². The number of aliphatic imine (C=N–C) groups is 2. The second-order valence-electron chi connectivity index (χ2n) is 16.6. The van der Waals surface area contributed by atoms with Crippen LogP contribution in [-0.4, -0.2) is 34.7 Å². The molecule has 0 bridgehead atoms. The first-order valence-electron chi connectivity index (χ1n) is 17.3. The van der Waals surface area contributed by atoms with E-state index in [1.54, 1.807) is 0 Å². The summed E-state index contributed by atoms with van der Waals surface area (Å²) in [5.74, 6) is 1.14. The van der Waals surface area contributed by atoms with Crippen LogP contribution in [0, 0.1) is 0 Å². The van der Waals surface area contributed by atoms with E-state index < -0.39 is 0 Å². The van der Waals surface area contributed by atoms with Gasteiger partial charge in [-0.25, -0.2) is 0 Å². The largest absolute Gasteiger partial charge is 0.507 e. The van der Waals surface area contributed by atoms with Gasteiger partial charge in [-0.3, -0.25) is 9.98 Å². The molecule has 47 heavy (non-hydrogen) atoms. The summed E-state index contributed by atoms with van der Waals surface area (Å²) in [6.07, 6.45) is 8.97. The second kappa shape index (κ2) is 15.1. The molecule has 0 spiro atoms. The quantitative estimate of drug-likeness (QED) is 0.244. The fraction of sp³-hybridized carbons (Fsp3) is 0.524. The molecule has 3 aromatic carbocycles. The summed E-state index contributed by atoms with van der Waals surface area (Å²) in [6.45, 7) is 23.9. The fourth-order valence-electron chi connectivity index (χ4n) is 6.29. The van der Waals surface area contributed by atoms with Gasteiger partial charge >= 0.3 is 0 Å². The topological polar surface area (TPSA) is 65.2 Å². The SMILES string of the molecule is CCC(C)c1ccc(-c2cc(C=N[C@@H]3CCCC[C@H]3N=Cc3cc(C(C)(C)C)cc(C(C)(C)C)c3O)c(O)c(C(C)(C)C)c2)cc1.[Co]. The van der Waals surface area contributed by atoms with E-state index in [-0.39, 0.29) is 45.1 Å². The predicted octanol–water partition coefficient (Wildman–Crippen LogP) is 11.0. The molecule has 0 heterocycles. The molecule has 0 aliphatic heterocycles. The van der Waals surface area contributed by atoms with Gasteiger partial charge in [0.2, 0.25) is 0 Å². The van der Waals surface area contributed by atoms with Gasteiger partial charge in [0.05, 0.1) is 12.1 Å². The molecule has 1 aliphatic rings. The molecule has 4 rings (SSSR count). The van der Waals surface area contributed by atoms with Gasteiger partial charge in [0.15, 0.2) is 0 Å². The molecule has 1 fully saturated rings. The van der Waals surface area contributed by atoms with Crippen molar-refractivity contribution in [2.24, 2.45) is 9.98 Å². The number of hydrogen-bond donors (Lipinski definition) is 2. The summed E-state index contributed by atoms with van der Waals surface area (Å²) in [5, 5.41) is 22.8. The van der Waals surface area contributed by atoms with Crippen molar-refractivity contribution in [3.8, 4) is 22.6 Å². The third-order valence-corrected chi connectivity index (χ3v) is 9.69. The molecule has 0 saturated heterocycles. The molecular formula is C42H58CoN2O2. The van der Waals surface area contributed by atoms with Crippen LogP contribution < -0.4 is 0 Å². The van der Waals surface area contributed by atoms with E-state index in [0.717, 1.165) is 65.5 Å². The molecule has 1 unspecified atom stereocenters. The Balaban J connectivity index is 0.00000600. The Labute approximate surface area is 295 Å². The Kier molecular flexibility index (Phi) is 12.4. The van der Waals surface area contributed by atoms with Crippen LogP contribution in [0.15, 0.2) is 58.5 Å². The van der Waals surface area contributed by atoms with Gasteiger partial charge in [-0.1, -0.05) is 119 Å². The first-order valence-corrected chi connectivity index (χ1v) is 17.3. The van der Waals surface area contributed by atoms with Crippen LogP contribution in [0.25, 0.3) is 11.1 Å². The minimum Gasteiger partial charge on any atom is -0.507 e. The van der Waals surface area contributed by atoms with Crippen LogP contribution in [0.1, 0.15) is 148 Å². The van der Waals surface area contributed by atoms with Crippen LogP contribution in [0.5, 0.6) is 11.5 Å². The summed E-state index contributed by atoms with van der Waals surface area (Å²) in [5.41, 5.74) is 7.66. The van der Waals surface area contributed by atoms with Crippen molar-refractivity contribution >= 4 is 12.4 Å². The average Bonchev–Trinajstić information content (AvgIpc) is 2.98. The maximum absolute atomic E-state index is 11.5. The van der Waals surface area contributed by atoms with E-state index >= 15 is 0 Å². The summed E-state index contributed by atoms with van der Waals surface area (Å²) in [4.78, 5) is 10.2. The van der Waals surface area contributed by atoms with Crippen LogP contribution in [0.2, 0.25) is 0 Å². The minimum atomic E-state index is -0.230. The maximum atomic E-state index is 11.5. The second-order valence-corrected chi connectivity index (χ2v) is 16.6. The molecule has 1 aliphatic carbocycles. The van der Waals surface area contributed by atoms with Crippen LogP contribution in [-0.2, 0) is 33.0 Å². The zero-order valence-electron chi connectivity index (χ0n) is 30.7. The third-order valence-electron chi connectivity index (χ3n) is 9.69. The Bertz CT molecular complexity index is 1570. The standard InChI is InChI=1S/C42H58N2O2.Co/c1-12-27(2)28-17-19-29(20-18-28)30-21-31(38(45)34(23-30)41(6,7)8)25-43-36-15-13-14-16-37(36)44-26-32-22-33(40(3,4)5)24-35(39(32)46)42(9,10)11;/h17-27,36-37,45-46H,12-16H2,1-11H3;/t27?,36-,37-;/m1./s1. The first kappa shape index (κ1) is 38.6. The molecule has 4 nitrogen and oxygen atoms in total. The number of rotatable bonds is 7. The molecule has 257 valence electrons. The van der Waals surface area contributed by atoms with E-state index in [1.807, 2.05) is 12.4 Å². The smallest absolute Gasteiger partial charge is 0.128 e. The van der Waals surface area contributed by atoms with Gasteiger partial charge in [0.25, 0.3) is 0 Å². The zero-order valence-corrected chi connectivity index (χ0v) is 31.7. The molecule has 0 aromatic heterocycles. The molecule has 1 radical (unpaired) electrons. The van der Waals surface area contributed by atoms with Gasteiger partial charge in [-0.2, -0.15) is 0 Å². The predicted molar refractivity (Wildman–Crippen MR) is 198 cm³/mol. The number of phenolic OH excluding ortho intramolecular Hbond substituents is 2. The maximum Gasteiger partial charge on any atom is 0.128 e. The number of hydrogen-bond acceptors (Lipinski definition) is 4. The van der Waals surface area contributed by atoms with Crippen LogP contribution in [0.4, 0.5) is 0 Å². The van der Waals surface area contributed by atoms with Crippen molar-refractivity contribution in [2.45, 2.75) is 143 Å². The fourth-order valence-corrected chi connectivity index (χ4v) is 6.29. The van der Waals surface area contributed by atoms with E-state index in [0.29, 0.717) is 17.4 Å². The van der Waals surface area contributed by atoms with Crippen LogP contribution in [0.3, 0.4) is 0 Å². The Morgan fingerprint density at radius 1 is 0.681 bits per heavy atom. The van der Waals surface area contributed by atoms with E-state index in [4.69, 9.17) is 9.98 Å². The number of nitrogens with zero attached hydrogens (tertiary/aromatic N) is 2. The Morgan fingerprint density at radius 2 is 1.15 bits per heavy atom. The van der Waals surface area contributed by atoms with E-state index in [2.05, 4.69) is 125 Å². The normalized spacial score (nSPS) is 18.4. The van der Waals surface area contributed by atoms with E-state index in [9.17, 15) is 10.2 Å². The van der Waals surface area contributed by atoms with Gasteiger partial charge < -0.3 is 10.2 Å². The first-order chi connectivity index (χ1) is 21.4. The van der Waals surface area contributed by atoms with Crippen molar-refractivity contribution in [3.05, 3.63) is 81.9 Å². The Morgan fingerprint density at radius 3 is 1.60 bits per heavy atom. The van der Waals surface area contributed by atoms with Gasteiger partial charge in [-0.05, 0) is 81.9 Å². The molecule has 0 amide bonds. The summed E-state index contributed by atoms with van der Waals surface area (Å²) < 4.78 is 0. The van der Waals surface area contributed by atoms with Gasteiger partial charge in [-0.15, -0.1) is 0 Å². The van der Waals surface area contributed by atoms with Gasteiger partial charge in [0.1, 0.15) is 11.5 Å². The van der Waals surface area contributed by atoms with Crippen molar-refractivity contribution in [3.63, 3.8) is 0 Å². The Hall–Kier alpha value is -2.89. The van der Waals surface area contributed by atoms with E-state index in [1.165, 1.54) is 11.1 Å². The monoisotopic (exact) mass is 681 g/mol. The molecule has 5 heteroatoms. The molecule has 2 N–H and O–H groups in total. The number of benzene rings is 3. The van der Waals surface area contributed by atoms with Crippen molar-refractivity contribution in [2.75, 3.05) is 0 Å². The molecular weight excluding hydrogens is 623 g/mol. The number of aromatic hydroxyl groups is 2. The summed E-state index contributed by atoms with van der Waals surface area (Å²) in [6, 6.07) is 17.3. The molecule has 3 aromatic rings. The minimum absolute atomic E-state index is 0. The number of phenols is 2. The molecule has 1 saturated carbocycles. The summed E-state index contributed by atoms with van der Waals surface area (Å²) in [7, 11) is 0. The van der Waals surface area contributed by atoms with Crippen molar-refractivity contribution in [1.82, 2.24) is 0 Å². The van der Waals surface area contributed by atoms with Crippen molar-refractivity contribution in [1.29, 1.82) is 0 Å². The van der Waals surface area contributed by atoms with Crippen LogP contribution >= 0.6 is 0 Å². The zero-order chi connectivity index (χ0) is 34.0. The summed E-state index contributed by atoms with van der Waals surface area (Å²) >= 11 is 0. The third kappa shape index (κ3) is 9.38. The molecule has 3 atom stereocenters. The van der Waals surface area contributed by atoms with Crippen molar-refractivity contribution < 1.29 is 27.0 Å². The average molecular weight is 682 g/mol.